The van der Waals surface area contributed by atoms with Crippen molar-refractivity contribution in [3.63, 3.8) is 0 Å². The molecular weight excluding hydrogens is 388 g/mol. The minimum atomic E-state index is 0.538. The van der Waals surface area contributed by atoms with Crippen molar-refractivity contribution in [1.29, 1.82) is 0 Å². The van der Waals surface area contributed by atoms with E-state index in [1.54, 1.807) is 12.4 Å². The Kier molecular flexibility index (Phi) is 6.69. The first kappa shape index (κ1) is 20.8. The Bertz CT molecular complexity index is 1150. The Hall–Kier alpha value is -3.51. The Morgan fingerprint density at radius 1 is 0.871 bits per heavy atom. The molecule has 0 aliphatic rings. The van der Waals surface area contributed by atoms with Gasteiger partial charge in [0.25, 0.3) is 0 Å². The smallest absolute Gasteiger partial charge is 0.163 e. The molecule has 0 fully saturated rings. The van der Waals surface area contributed by atoms with Gasteiger partial charge in [0, 0.05) is 37.0 Å². The first-order chi connectivity index (χ1) is 15.3. The van der Waals surface area contributed by atoms with Gasteiger partial charge < -0.3 is 14.8 Å². The number of hydrogen-bond donors (Lipinski definition) is 1. The van der Waals surface area contributed by atoms with Gasteiger partial charge in [-0.3, -0.25) is 4.98 Å². The molecule has 2 aromatic carbocycles. The molecule has 0 saturated carbocycles. The number of anilines is 1. The van der Waals surface area contributed by atoms with Crippen molar-refractivity contribution in [3.05, 3.63) is 67.0 Å². The molecule has 2 heterocycles. The highest BCUT2D eigenvalue weighted by atomic mass is 16.5. The number of nitrogens with one attached hydrogen (secondary N) is 1. The van der Waals surface area contributed by atoms with Gasteiger partial charge in [-0.05, 0) is 53.9 Å². The van der Waals surface area contributed by atoms with Gasteiger partial charge in [0.05, 0.1) is 12.1 Å². The largest absolute Gasteiger partial charge is 0.491 e. The monoisotopic (exact) mass is 414 g/mol. The molecule has 0 atom stereocenters. The minimum Gasteiger partial charge on any atom is -0.491 e. The fourth-order valence-electron chi connectivity index (χ4n) is 3.35. The molecule has 0 saturated heterocycles. The van der Waals surface area contributed by atoms with E-state index in [4.69, 9.17) is 19.4 Å². The highest BCUT2D eigenvalue weighted by molar-refractivity contribution is 5.93. The topological polar surface area (TPSA) is 69.2 Å². The Morgan fingerprint density at radius 2 is 1.74 bits per heavy atom. The van der Waals surface area contributed by atoms with E-state index in [0.717, 1.165) is 52.2 Å². The zero-order chi connectivity index (χ0) is 21.5. The second-order valence-corrected chi connectivity index (χ2v) is 7.11. The van der Waals surface area contributed by atoms with Gasteiger partial charge in [-0.2, -0.15) is 0 Å². The SMILES string of the molecule is CCCOCCOc1cccc(-c2ccc3nc(-c4cccnc4)nc(NC)c3c2)c1. The highest BCUT2D eigenvalue weighted by Gasteiger charge is 2.10. The Labute approximate surface area is 182 Å². The summed E-state index contributed by atoms with van der Waals surface area (Å²) in [4.78, 5) is 13.6. The minimum absolute atomic E-state index is 0.538. The number of fused-ring (bicyclic) bond motifs is 1. The van der Waals surface area contributed by atoms with Crippen LogP contribution in [0, 0.1) is 0 Å². The van der Waals surface area contributed by atoms with Crippen molar-refractivity contribution in [2.24, 2.45) is 0 Å². The predicted octanol–water partition coefficient (Wildman–Crippen LogP) is 5.21. The number of pyridine rings is 1. The van der Waals surface area contributed by atoms with E-state index in [1.807, 2.05) is 43.4 Å². The number of aromatic nitrogens is 3. The molecule has 0 spiro atoms. The summed E-state index contributed by atoms with van der Waals surface area (Å²) >= 11 is 0. The predicted molar refractivity (Wildman–Crippen MR) is 124 cm³/mol. The maximum Gasteiger partial charge on any atom is 0.163 e. The number of rotatable bonds is 9. The molecular formula is C25H26N4O2. The average Bonchev–Trinajstić information content (AvgIpc) is 2.83. The zero-order valence-electron chi connectivity index (χ0n) is 17.8. The summed E-state index contributed by atoms with van der Waals surface area (Å²) in [6.45, 7) is 3.99. The highest BCUT2D eigenvalue weighted by Crippen LogP contribution is 2.30. The molecule has 4 rings (SSSR count). The van der Waals surface area contributed by atoms with Crippen LogP contribution in [-0.4, -0.2) is 41.8 Å². The second-order valence-electron chi connectivity index (χ2n) is 7.11. The van der Waals surface area contributed by atoms with Crippen molar-refractivity contribution >= 4 is 16.7 Å². The van der Waals surface area contributed by atoms with Gasteiger partial charge in [0.1, 0.15) is 18.2 Å². The molecule has 1 N–H and O–H groups in total. The fourth-order valence-corrected chi connectivity index (χ4v) is 3.35. The molecule has 158 valence electrons. The van der Waals surface area contributed by atoms with Crippen molar-refractivity contribution in [3.8, 4) is 28.3 Å². The third-order valence-electron chi connectivity index (χ3n) is 4.86. The van der Waals surface area contributed by atoms with Gasteiger partial charge in [-0.1, -0.05) is 25.1 Å². The van der Waals surface area contributed by atoms with Gasteiger partial charge in [-0.25, -0.2) is 9.97 Å². The lowest BCUT2D eigenvalue weighted by atomic mass is 10.0. The van der Waals surface area contributed by atoms with Crippen LogP contribution >= 0.6 is 0 Å². The summed E-state index contributed by atoms with van der Waals surface area (Å²) < 4.78 is 11.3. The zero-order valence-corrected chi connectivity index (χ0v) is 17.8. The Balaban J connectivity index is 1.61. The summed E-state index contributed by atoms with van der Waals surface area (Å²) in [5.74, 6) is 2.26. The van der Waals surface area contributed by atoms with Crippen LogP contribution < -0.4 is 10.1 Å². The standard InChI is InChI=1S/C25H26N4O2/c1-3-12-30-13-14-31-21-8-4-6-18(15-21)19-9-10-23-22(16-19)25(26-2)29-24(28-23)20-7-5-11-27-17-20/h4-11,15-17H,3,12-14H2,1-2H3,(H,26,28,29). The van der Waals surface area contributed by atoms with E-state index in [9.17, 15) is 0 Å². The molecule has 2 aromatic heterocycles. The van der Waals surface area contributed by atoms with Crippen LogP contribution in [0.3, 0.4) is 0 Å². The normalized spacial score (nSPS) is 10.9. The molecule has 0 aliphatic carbocycles. The van der Waals surface area contributed by atoms with Crippen LogP contribution in [0.5, 0.6) is 5.75 Å². The third-order valence-corrected chi connectivity index (χ3v) is 4.86. The third kappa shape index (κ3) is 4.98. The summed E-state index contributed by atoms with van der Waals surface area (Å²) in [5.41, 5.74) is 3.92. The molecule has 4 aromatic rings. The average molecular weight is 415 g/mol. The van der Waals surface area contributed by atoms with Gasteiger partial charge in [0.15, 0.2) is 5.82 Å². The van der Waals surface area contributed by atoms with Crippen molar-refractivity contribution in [2.75, 3.05) is 32.2 Å². The fraction of sp³-hybridized carbons (Fsp3) is 0.240. The van der Waals surface area contributed by atoms with E-state index in [-0.39, 0.29) is 0 Å². The van der Waals surface area contributed by atoms with Crippen molar-refractivity contribution < 1.29 is 9.47 Å². The number of nitrogens with zero attached hydrogens (tertiary/aromatic N) is 3. The van der Waals surface area contributed by atoms with E-state index in [2.05, 4.69) is 35.4 Å². The second kappa shape index (κ2) is 10.00. The first-order valence-electron chi connectivity index (χ1n) is 10.5. The van der Waals surface area contributed by atoms with Gasteiger partial charge in [-0.15, -0.1) is 0 Å². The lowest BCUT2D eigenvalue weighted by Gasteiger charge is -2.11. The van der Waals surface area contributed by atoms with Crippen LogP contribution in [0.2, 0.25) is 0 Å². The van der Waals surface area contributed by atoms with E-state index in [0.29, 0.717) is 19.0 Å². The molecule has 0 unspecified atom stereocenters. The molecule has 31 heavy (non-hydrogen) atoms. The van der Waals surface area contributed by atoms with E-state index in [1.165, 1.54) is 0 Å². The molecule has 0 radical (unpaired) electrons. The number of hydrogen-bond acceptors (Lipinski definition) is 6. The van der Waals surface area contributed by atoms with Crippen LogP contribution in [0.4, 0.5) is 5.82 Å². The Morgan fingerprint density at radius 3 is 2.55 bits per heavy atom. The summed E-state index contributed by atoms with van der Waals surface area (Å²) in [5, 5.41) is 4.17. The number of benzene rings is 2. The molecule has 0 bridgehead atoms. The van der Waals surface area contributed by atoms with Crippen molar-refractivity contribution in [1.82, 2.24) is 15.0 Å². The molecule has 6 heteroatoms. The quantitative estimate of drug-likeness (QED) is 0.379. The lowest BCUT2D eigenvalue weighted by Crippen LogP contribution is -2.07. The maximum atomic E-state index is 5.84. The van der Waals surface area contributed by atoms with Crippen LogP contribution in [-0.2, 0) is 4.74 Å². The molecule has 6 nitrogen and oxygen atoms in total. The van der Waals surface area contributed by atoms with Crippen LogP contribution in [0.1, 0.15) is 13.3 Å². The lowest BCUT2D eigenvalue weighted by molar-refractivity contribution is 0.101. The van der Waals surface area contributed by atoms with Gasteiger partial charge in [0.2, 0.25) is 0 Å². The first-order valence-corrected chi connectivity index (χ1v) is 10.5. The number of ether oxygens (including phenoxy) is 2. The molecule has 0 amide bonds. The molecule has 0 aliphatic heterocycles. The summed E-state index contributed by atoms with van der Waals surface area (Å²) in [6, 6.07) is 18.1. The van der Waals surface area contributed by atoms with Crippen LogP contribution in [0.15, 0.2) is 67.0 Å². The van der Waals surface area contributed by atoms with Gasteiger partial charge >= 0.3 is 0 Å². The van der Waals surface area contributed by atoms with Crippen molar-refractivity contribution in [2.45, 2.75) is 13.3 Å². The summed E-state index contributed by atoms with van der Waals surface area (Å²) in [6.07, 6.45) is 4.53. The van der Waals surface area contributed by atoms with E-state index < -0.39 is 0 Å². The van der Waals surface area contributed by atoms with E-state index >= 15 is 0 Å². The van der Waals surface area contributed by atoms with Crippen LogP contribution in [0.25, 0.3) is 33.4 Å². The maximum absolute atomic E-state index is 5.84. The summed E-state index contributed by atoms with van der Waals surface area (Å²) in [7, 11) is 1.87.